The van der Waals surface area contributed by atoms with Gasteiger partial charge in [0.05, 0.1) is 0 Å². The maximum atomic E-state index is 5.58. The lowest BCUT2D eigenvalue weighted by Crippen LogP contribution is -2.24. The Morgan fingerprint density at radius 2 is 2.07 bits per heavy atom. The number of hydrogen-bond acceptors (Lipinski definition) is 2. The average molecular weight is 192 g/mol. The molecule has 0 amide bonds. The Balaban J connectivity index is 2.50. The summed E-state index contributed by atoms with van der Waals surface area (Å²) in [5.74, 6) is 0. The fourth-order valence-corrected chi connectivity index (χ4v) is 1.30. The van der Waals surface area contributed by atoms with Gasteiger partial charge in [-0.05, 0) is 24.5 Å². The van der Waals surface area contributed by atoms with Gasteiger partial charge in [-0.15, -0.1) is 0 Å². The van der Waals surface area contributed by atoms with Crippen molar-refractivity contribution in [2.75, 3.05) is 0 Å². The van der Waals surface area contributed by atoms with E-state index >= 15 is 0 Å². The molecule has 0 saturated heterocycles. The van der Waals surface area contributed by atoms with E-state index in [4.69, 9.17) is 5.73 Å². The first-order chi connectivity index (χ1) is 6.76. The summed E-state index contributed by atoms with van der Waals surface area (Å²) in [6.07, 6.45) is 1.16. The highest BCUT2D eigenvalue weighted by Crippen LogP contribution is 2.04. The summed E-state index contributed by atoms with van der Waals surface area (Å²) in [6, 6.07) is 9.00. The predicted octanol–water partition coefficient (Wildman–Crippen LogP) is 2.03. The number of hydrogen-bond donors (Lipinski definition) is 2. The molecule has 0 bridgehead atoms. The molecule has 2 nitrogen and oxygen atoms in total. The third-order valence-corrected chi connectivity index (χ3v) is 2.49. The zero-order valence-electron chi connectivity index (χ0n) is 9.09. The SMILES string of the molecule is CCC(C)NCc1cccc(CN)c1. The van der Waals surface area contributed by atoms with Crippen LogP contribution in [0.15, 0.2) is 24.3 Å². The van der Waals surface area contributed by atoms with Crippen LogP contribution < -0.4 is 11.1 Å². The van der Waals surface area contributed by atoms with Crippen LogP contribution in [0.3, 0.4) is 0 Å². The zero-order valence-corrected chi connectivity index (χ0v) is 9.09. The molecular weight excluding hydrogens is 172 g/mol. The lowest BCUT2D eigenvalue weighted by molar-refractivity contribution is 0.534. The van der Waals surface area contributed by atoms with Crippen LogP contribution in [0, 0.1) is 0 Å². The summed E-state index contributed by atoms with van der Waals surface area (Å²) in [6.45, 7) is 5.95. The minimum absolute atomic E-state index is 0.580. The summed E-state index contributed by atoms with van der Waals surface area (Å²) in [4.78, 5) is 0. The van der Waals surface area contributed by atoms with Gasteiger partial charge >= 0.3 is 0 Å². The van der Waals surface area contributed by atoms with Crippen molar-refractivity contribution >= 4 is 0 Å². The molecule has 0 heterocycles. The molecule has 2 heteroatoms. The molecule has 78 valence electrons. The van der Waals surface area contributed by atoms with Crippen molar-refractivity contribution in [1.82, 2.24) is 5.32 Å². The first kappa shape index (κ1) is 11.2. The third-order valence-electron chi connectivity index (χ3n) is 2.49. The van der Waals surface area contributed by atoms with Gasteiger partial charge in [0.1, 0.15) is 0 Å². The Bertz CT molecular complexity index is 271. The van der Waals surface area contributed by atoms with E-state index in [2.05, 4.69) is 43.4 Å². The summed E-state index contributed by atoms with van der Waals surface area (Å²) in [7, 11) is 0. The largest absolute Gasteiger partial charge is 0.326 e. The Labute approximate surface area is 86.5 Å². The Morgan fingerprint density at radius 1 is 1.36 bits per heavy atom. The zero-order chi connectivity index (χ0) is 10.4. The van der Waals surface area contributed by atoms with E-state index in [0.29, 0.717) is 12.6 Å². The van der Waals surface area contributed by atoms with E-state index in [1.54, 1.807) is 0 Å². The van der Waals surface area contributed by atoms with E-state index in [-0.39, 0.29) is 0 Å². The second-order valence-electron chi connectivity index (χ2n) is 3.71. The molecule has 0 fully saturated rings. The molecular formula is C12H20N2. The Hall–Kier alpha value is -0.860. The topological polar surface area (TPSA) is 38.0 Å². The van der Waals surface area contributed by atoms with Crippen molar-refractivity contribution in [3.05, 3.63) is 35.4 Å². The van der Waals surface area contributed by atoms with Gasteiger partial charge in [-0.25, -0.2) is 0 Å². The summed E-state index contributed by atoms with van der Waals surface area (Å²) < 4.78 is 0. The van der Waals surface area contributed by atoms with E-state index in [0.717, 1.165) is 13.0 Å². The van der Waals surface area contributed by atoms with Gasteiger partial charge in [0.15, 0.2) is 0 Å². The average Bonchev–Trinajstić information content (AvgIpc) is 2.26. The molecule has 0 saturated carbocycles. The highest BCUT2D eigenvalue weighted by molar-refractivity contribution is 5.23. The van der Waals surface area contributed by atoms with Crippen molar-refractivity contribution < 1.29 is 0 Å². The van der Waals surface area contributed by atoms with Gasteiger partial charge in [0.25, 0.3) is 0 Å². The van der Waals surface area contributed by atoms with Crippen LogP contribution in [0.4, 0.5) is 0 Å². The molecule has 1 unspecified atom stereocenters. The lowest BCUT2D eigenvalue weighted by atomic mass is 10.1. The standard InChI is InChI=1S/C12H20N2/c1-3-10(2)14-9-12-6-4-5-11(7-12)8-13/h4-7,10,14H,3,8-9,13H2,1-2H3. The lowest BCUT2D eigenvalue weighted by Gasteiger charge is -2.11. The fraction of sp³-hybridized carbons (Fsp3) is 0.500. The quantitative estimate of drug-likeness (QED) is 0.749. The van der Waals surface area contributed by atoms with Gasteiger partial charge in [-0.2, -0.15) is 0 Å². The van der Waals surface area contributed by atoms with Crippen molar-refractivity contribution in [1.29, 1.82) is 0 Å². The summed E-state index contributed by atoms with van der Waals surface area (Å²) in [5, 5.41) is 3.46. The highest BCUT2D eigenvalue weighted by atomic mass is 14.9. The second kappa shape index (κ2) is 5.78. The molecule has 0 aliphatic rings. The molecule has 0 aliphatic carbocycles. The van der Waals surface area contributed by atoms with Crippen molar-refractivity contribution in [2.45, 2.75) is 39.4 Å². The molecule has 14 heavy (non-hydrogen) atoms. The molecule has 3 N–H and O–H groups in total. The smallest absolute Gasteiger partial charge is 0.0208 e. The normalized spacial score (nSPS) is 12.8. The van der Waals surface area contributed by atoms with Crippen LogP contribution in [0.1, 0.15) is 31.4 Å². The highest BCUT2D eigenvalue weighted by Gasteiger charge is 1.98. The van der Waals surface area contributed by atoms with Gasteiger partial charge in [-0.3, -0.25) is 0 Å². The summed E-state index contributed by atoms with van der Waals surface area (Å²) >= 11 is 0. The molecule has 1 atom stereocenters. The van der Waals surface area contributed by atoms with Crippen LogP contribution in [0.5, 0.6) is 0 Å². The Kier molecular flexibility index (Phi) is 4.63. The molecule has 0 aromatic heterocycles. The second-order valence-corrected chi connectivity index (χ2v) is 3.71. The molecule has 0 radical (unpaired) electrons. The molecule has 0 aliphatic heterocycles. The fourth-order valence-electron chi connectivity index (χ4n) is 1.30. The van der Waals surface area contributed by atoms with Gasteiger partial charge in [0, 0.05) is 19.1 Å². The van der Waals surface area contributed by atoms with Crippen molar-refractivity contribution in [3.63, 3.8) is 0 Å². The molecule has 1 aromatic rings. The van der Waals surface area contributed by atoms with E-state index in [9.17, 15) is 0 Å². The maximum absolute atomic E-state index is 5.58. The van der Waals surface area contributed by atoms with Crippen molar-refractivity contribution in [2.24, 2.45) is 5.73 Å². The van der Waals surface area contributed by atoms with Gasteiger partial charge < -0.3 is 11.1 Å². The number of rotatable bonds is 5. The van der Waals surface area contributed by atoms with E-state index in [1.165, 1.54) is 11.1 Å². The van der Waals surface area contributed by atoms with Crippen LogP contribution in [0.25, 0.3) is 0 Å². The maximum Gasteiger partial charge on any atom is 0.0208 e. The Morgan fingerprint density at radius 3 is 2.71 bits per heavy atom. The van der Waals surface area contributed by atoms with Crippen LogP contribution in [0.2, 0.25) is 0 Å². The van der Waals surface area contributed by atoms with Crippen molar-refractivity contribution in [3.8, 4) is 0 Å². The number of benzene rings is 1. The number of nitrogens with one attached hydrogen (secondary N) is 1. The molecule has 0 spiro atoms. The molecule has 1 aromatic carbocycles. The summed E-state index contributed by atoms with van der Waals surface area (Å²) in [5.41, 5.74) is 8.10. The van der Waals surface area contributed by atoms with Crippen LogP contribution >= 0.6 is 0 Å². The van der Waals surface area contributed by atoms with Crippen LogP contribution in [-0.4, -0.2) is 6.04 Å². The molecule has 1 rings (SSSR count). The first-order valence-corrected chi connectivity index (χ1v) is 5.27. The monoisotopic (exact) mass is 192 g/mol. The third kappa shape index (κ3) is 3.48. The van der Waals surface area contributed by atoms with Gasteiger partial charge in [-0.1, -0.05) is 31.2 Å². The van der Waals surface area contributed by atoms with Gasteiger partial charge in [0.2, 0.25) is 0 Å². The predicted molar refractivity (Wildman–Crippen MR) is 60.9 cm³/mol. The number of nitrogens with two attached hydrogens (primary N) is 1. The van der Waals surface area contributed by atoms with E-state index in [1.807, 2.05) is 0 Å². The minimum Gasteiger partial charge on any atom is -0.326 e. The van der Waals surface area contributed by atoms with E-state index < -0.39 is 0 Å². The minimum atomic E-state index is 0.580. The van der Waals surface area contributed by atoms with Crippen LogP contribution in [-0.2, 0) is 13.1 Å². The first-order valence-electron chi connectivity index (χ1n) is 5.27.